The number of unbranched alkanes of at least 4 members (excludes halogenated alkanes) is 1. The summed E-state index contributed by atoms with van der Waals surface area (Å²) in [7, 11) is 1.57. The van der Waals surface area contributed by atoms with E-state index in [0.717, 1.165) is 17.3 Å². The zero-order valence-electron chi connectivity index (χ0n) is 18.7. The van der Waals surface area contributed by atoms with Gasteiger partial charge in [0.1, 0.15) is 23.6 Å². The number of aliphatic hydroxyl groups is 1. The van der Waals surface area contributed by atoms with Crippen molar-refractivity contribution in [3.05, 3.63) is 65.9 Å². The van der Waals surface area contributed by atoms with Crippen LogP contribution >= 0.6 is 0 Å². The summed E-state index contributed by atoms with van der Waals surface area (Å²) in [5.74, 6) is -0.270. The van der Waals surface area contributed by atoms with Crippen molar-refractivity contribution in [3.63, 3.8) is 0 Å². The zero-order valence-corrected chi connectivity index (χ0v) is 18.7. The number of H-pyrrole nitrogens is 1. The summed E-state index contributed by atoms with van der Waals surface area (Å²) >= 11 is 0. The summed E-state index contributed by atoms with van der Waals surface area (Å²) in [5, 5.41) is 17.9. The van der Waals surface area contributed by atoms with Gasteiger partial charge in [-0.25, -0.2) is 5.01 Å². The number of hydrogen-bond donors (Lipinski definition) is 2. The maximum absolute atomic E-state index is 13.1. The Kier molecular flexibility index (Phi) is 6.74. The van der Waals surface area contributed by atoms with Crippen LogP contribution in [0.5, 0.6) is 5.75 Å². The molecule has 0 radical (unpaired) electrons. The number of aromatic amines is 1. The molecule has 8 nitrogen and oxygen atoms in total. The largest absolute Gasteiger partial charge is 0.497 e. The minimum atomic E-state index is -1.07. The molecular formula is C25H27N3O5. The lowest BCUT2D eigenvalue weighted by molar-refractivity contribution is -0.153. The van der Waals surface area contributed by atoms with E-state index in [1.807, 2.05) is 31.2 Å². The van der Waals surface area contributed by atoms with Gasteiger partial charge in [0.2, 0.25) is 0 Å². The SMILES string of the molecule is CCCCC(=O)OCC(=O)N1N=C(c2c[nH]c3ccccc23)[C@H](O)[C@@H]1c1ccc(OC)cc1. The first-order valence-electron chi connectivity index (χ1n) is 11.0. The Morgan fingerprint density at radius 1 is 1.15 bits per heavy atom. The van der Waals surface area contributed by atoms with Crippen LogP contribution in [0.25, 0.3) is 10.9 Å². The number of nitrogens with one attached hydrogen (secondary N) is 1. The second-order valence-corrected chi connectivity index (χ2v) is 7.90. The summed E-state index contributed by atoms with van der Waals surface area (Å²) in [6, 6.07) is 14.0. The number of benzene rings is 2. The summed E-state index contributed by atoms with van der Waals surface area (Å²) in [6.45, 7) is 1.54. The monoisotopic (exact) mass is 449 g/mol. The average molecular weight is 450 g/mol. The van der Waals surface area contributed by atoms with Crippen LogP contribution in [0.3, 0.4) is 0 Å². The molecule has 2 aromatic carbocycles. The number of aliphatic hydroxyl groups excluding tert-OH is 1. The fourth-order valence-corrected chi connectivity index (χ4v) is 3.95. The van der Waals surface area contributed by atoms with Gasteiger partial charge in [-0.2, -0.15) is 5.10 Å². The molecule has 0 saturated carbocycles. The molecule has 0 bridgehead atoms. The van der Waals surface area contributed by atoms with Crippen LogP contribution in [0.15, 0.2) is 59.8 Å². The second kappa shape index (κ2) is 9.87. The molecule has 1 aromatic heterocycles. The van der Waals surface area contributed by atoms with Crippen molar-refractivity contribution in [2.24, 2.45) is 5.10 Å². The number of aromatic nitrogens is 1. The van der Waals surface area contributed by atoms with Gasteiger partial charge in [0.25, 0.3) is 5.91 Å². The van der Waals surface area contributed by atoms with Gasteiger partial charge >= 0.3 is 5.97 Å². The Balaban J connectivity index is 1.65. The van der Waals surface area contributed by atoms with Gasteiger partial charge in [-0.05, 0) is 30.2 Å². The third kappa shape index (κ3) is 4.61. The van der Waals surface area contributed by atoms with E-state index >= 15 is 0 Å². The maximum atomic E-state index is 13.1. The number of nitrogens with zero attached hydrogens (tertiary/aromatic N) is 2. The Labute approximate surface area is 191 Å². The van der Waals surface area contributed by atoms with E-state index in [1.165, 1.54) is 5.01 Å². The Hall–Kier alpha value is -3.65. The number of esters is 1. The first-order chi connectivity index (χ1) is 16.0. The summed E-state index contributed by atoms with van der Waals surface area (Å²) in [4.78, 5) is 28.1. The molecule has 2 atom stereocenters. The predicted molar refractivity (Wildman–Crippen MR) is 124 cm³/mol. The van der Waals surface area contributed by atoms with Crippen molar-refractivity contribution in [3.8, 4) is 5.75 Å². The van der Waals surface area contributed by atoms with Gasteiger partial charge < -0.3 is 19.6 Å². The molecule has 172 valence electrons. The molecule has 3 aromatic rings. The fourth-order valence-electron chi connectivity index (χ4n) is 3.95. The molecule has 2 N–H and O–H groups in total. The smallest absolute Gasteiger partial charge is 0.306 e. The van der Waals surface area contributed by atoms with Gasteiger partial charge in [-0.1, -0.05) is 43.7 Å². The van der Waals surface area contributed by atoms with E-state index in [1.54, 1.807) is 37.6 Å². The molecule has 1 aliphatic rings. The first-order valence-corrected chi connectivity index (χ1v) is 11.0. The normalized spacial score (nSPS) is 17.8. The minimum absolute atomic E-state index is 0.262. The van der Waals surface area contributed by atoms with Crippen molar-refractivity contribution in [2.45, 2.75) is 38.3 Å². The van der Waals surface area contributed by atoms with Crippen LogP contribution in [0.4, 0.5) is 0 Å². The highest BCUT2D eigenvalue weighted by atomic mass is 16.5. The van der Waals surface area contributed by atoms with E-state index in [0.29, 0.717) is 29.0 Å². The molecule has 33 heavy (non-hydrogen) atoms. The number of hydrazone groups is 1. The number of ether oxygens (including phenoxy) is 2. The molecule has 0 aliphatic carbocycles. The molecule has 1 amide bonds. The van der Waals surface area contributed by atoms with Crippen LogP contribution in [0.1, 0.15) is 43.4 Å². The predicted octanol–water partition coefficient (Wildman–Crippen LogP) is 3.56. The quantitative estimate of drug-likeness (QED) is 0.512. The van der Waals surface area contributed by atoms with Crippen molar-refractivity contribution < 1.29 is 24.2 Å². The Morgan fingerprint density at radius 2 is 1.91 bits per heavy atom. The summed E-state index contributed by atoms with van der Waals surface area (Å²) < 4.78 is 10.4. The van der Waals surface area contributed by atoms with Crippen molar-refractivity contribution in [1.82, 2.24) is 9.99 Å². The maximum Gasteiger partial charge on any atom is 0.306 e. The highest BCUT2D eigenvalue weighted by Gasteiger charge is 2.41. The minimum Gasteiger partial charge on any atom is -0.497 e. The number of carbonyl (C=O) groups is 2. The van der Waals surface area contributed by atoms with Gasteiger partial charge in [0.15, 0.2) is 6.61 Å². The standard InChI is InChI=1S/C25H27N3O5/c1-3-4-9-22(30)33-15-21(29)28-24(16-10-12-17(32-2)13-11-16)25(31)23(27-28)19-14-26-20-8-6-5-7-18(19)20/h5-8,10-14,24-26,31H,3-4,9,15H2,1-2H3/t24-,25-/m0/s1. The Morgan fingerprint density at radius 3 is 2.64 bits per heavy atom. The Bertz CT molecular complexity index is 1170. The molecule has 2 heterocycles. The van der Waals surface area contributed by atoms with E-state index in [9.17, 15) is 14.7 Å². The summed E-state index contributed by atoms with van der Waals surface area (Å²) in [6.07, 6.45) is 2.53. The lowest BCUT2D eigenvalue weighted by Crippen LogP contribution is -2.36. The highest BCUT2D eigenvalue weighted by molar-refractivity contribution is 6.14. The number of rotatable bonds is 8. The average Bonchev–Trinajstić information content (AvgIpc) is 3.42. The molecule has 0 spiro atoms. The first kappa shape index (κ1) is 22.5. The van der Waals surface area contributed by atoms with Crippen LogP contribution < -0.4 is 4.74 Å². The molecule has 1 aliphatic heterocycles. The molecular weight excluding hydrogens is 422 g/mol. The topological polar surface area (TPSA) is 104 Å². The highest BCUT2D eigenvalue weighted by Crippen LogP contribution is 2.35. The molecule has 8 heteroatoms. The van der Waals surface area contributed by atoms with Crippen molar-refractivity contribution in [1.29, 1.82) is 0 Å². The summed E-state index contributed by atoms with van der Waals surface area (Å²) in [5.41, 5.74) is 2.68. The third-order valence-electron chi connectivity index (χ3n) is 5.73. The zero-order chi connectivity index (χ0) is 23.4. The number of methoxy groups -OCH3 is 1. The second-order valence-electron chi connectivity index (χ2n) is 7.90. The van der Waals surface area contributed by atoms with E-state index < -0.39 is 30.6 Å². The van der Waals surface area contributed by atoms with Gasteiger partial charge in [-0.15, -0.1) is 0 Å². The van der Waals surface area contributed by atoms with Crippen LogP contribution in [-0.4, -0.2) is 52.5 Å². The van der Waals surface area contributed by atoms with Crippen LogP contribution in [0, 0.1) is 0 Å². The van der Waals surface area contributed by atoms with Gasteiger partial charge in [0.05, 0.1) is 7.11 Å². The third-order valence-corrected chi connectivity index (χ3v) is 5.73. The van der Waals surface area contributed by atoms with E-state index in [4.69, 9.17) is 9.47 Å². The van der Waals surface area contributed by atoms with Gasteiger partial charge in [0, 0.05) is 29.1 Å². The van der Waals surface area contributed by atoms with Crippen molar-refractivity contribution in [2.75, 3.05) is 13.7 Å². The van der Waals surface area contributed by atoms with E-state index in [2.05, 4.69) is 10.1 Å². The van der Waals surface area contributed by atoms with Crippen molar-refractivity contribution >= 4 is 28.5 Å². The number of carbonyl (C=O) groups excluding carboxylic acids is 2. The van der Waals surface area contributed by atoms with Gasteiger partial charge in [-0.3, -0.25) is 9.59 Å². The number of amides is 1. The van der Waals surface area contributed by atoms with E-state index in [-0.39, 0.29) is 6.42 Å². The van der Waals surface area contributed by atoms with Crippen LogP contribution in [-0.2, 0) is 14.3 Å². The molecule has 4 rings (SSSR count). The van der Waals surface area contributed by atoms with Crippen LogP contribution in [0.2, 0.25) is 0 Å². The number of hydrogen-bond acceptors (Lipinski definition) is 6. The molecule has 0 fully saturated rings. The molecule has 0 saturated heterocycles. The lowest BCUT2D eigenvalue weighted by atomic mass is 9.95. The fraction of sp³-hybridized carbons (Fsp3) is 0.320. The number of para-hydroxylation sites is 1. The lowest BCUT2D eigenvalue weighted by Gasteiger charge is -2.24. The molecule has 0 unspecified atom stereocenters. The number of fused-ring (bicyclic) bond motifs is 1.